The number of aryl methyl sites for hydroxylation is 1. The van der Waals surface area contributed by atoms with Gasteiger partial charge in [-0.3, -0.25) is 9.36 Å². The average Bonchev–Trinajstić information content (AvgIpc) is 3.20. The van der Waals surface area contributed by atoms with Crippen LogP contribution in [0, 0.1) is 13.8 Å². The van der Waals surface area contributed by atoms with Crippen molar-refractivity contribution in [3.05, 3.63) is 69.4 Å². The lowest BCUT2D eigenvalue weighted by Crippen LogP contribution is -2.15. The van der Waals surface area contributed by atoms with Crippen molar-refractivity contribution in [1.29, 1.82) is 0 Å². The van der Waals surface area contributed by atoms with E-state index in [9.17, 15) is 9.59 Å². The first-order valence-corrected chi connectivity index (χ1v) is 8.78. The third-order valence-corrected chi connectivity index (χ3v) is 4.73. The van der Waals surface area contributed by atoms with Crippen molar-refractivity contribution in [3.63, 3.8) is 0 Å². The molecule has 25 heavy (non-hydrogen) atoms. The number of aromatic nitrogens is 2. The van der Waals surface area contributed by atoms with Crippen LogP contribution in [0.3, 0.4) is 0 Å². The minimum Gasteiger partial charge on any atom is -0.454 e. The van der Waals surface area contributed by atoms with E-state index in [0.29, 0.717) is 16.1 Å². The number of ether oxygens (including phenoxy) is 1. The van der Waals surface area contributed by atoms with Crippen LogP contribution in [0.2, 0.25) is 5.02 Å². The molecule has 3 aromatic rings. The van der Waals surface area contributed by atoms with E-state index in [0.717, 1.165) is 16.5 Å². The highest BCUT2D eigenvalue weighted by Gasteiger charge is 2.19. The Balaban J connectivity index is 1.74. The van der Waals surface area contributed by atoms with E-state index in [2.05, 4.69) is 4.98 Å². The summed E-state index contributed by atoms with van der Waals surface area (Å²) in [5.41, 5.74) is 2.51. The molecular weight excluding hydrogens is 360 g/mol. The molecule has 0 bridgehead atoms. The number of benzene rings is 1. The molecule has 0 aliphatic heterocycles. The number of Topliss-reactive ketones (excluding diaryl/α,β-unsaturated/α-hetero) is 1. The summed E-state index contributed by atoms with van der Waals surface area (Å²) >= 11 is 7.34. The number of ketones is 1. The summed E-state index contributed by atoms with van der Waals surface area (Å²) < 4.78 is 7.04. The quantitative estimate of drug-likeness (QED) is 0.495. The number of hydrogen-bond acceptors (Lipinski definition) is 5. The Bertz CT molecular complexity index is 932. The zero-order valence-electron chi connectivity index (χ0n) is 13.7. The van der Waals surface area contributed by atoms with Crippen molar-refractivity contribution in [2.24, 2.45) is 0 Å². The zero-order valence-corrected chi connectivity index (χ0v) is 15.2. The van der Waals surface area contributed by atoms with Gasteiger partial charge in [-0.1, -0.05) is 17.7 Å². The maximum absolute atomic E-state index is 12.5. The van der Waals surface area contributed by atoms with Crippen molar-refractivity contribution < 1.29 is 14.3 Å². The van der Waals surface area contributed by atoms with Crippen molar-refractivity contribution in [2.45, 2.75) is 13.8 Å². The molecule has 0 fully saturated rings. The normalized spacial score (nSPS) is 10.7. The number of halogens is 1. The Morgan fingerprint density at radius 1 is 1.28 bits per heavy atom. The molecule has 7 heteroatoms. The van der Waals surface area contributed by atoms with E-state index in [1.165, 1.54) is 17.4 Å². The molecular formula is C18H15ClN2O3S. The zero-order chi connectivity index (χ0) is 18.0. The molecule has 0 unspecified atom stereocenters. The minimum atomic E-state index is -0.579. The smallest absolute Gasteiger partial charge is 0.338 e. The first-order chi connectivity index (χ1) is 12.0. The summed E-state index contributed by atoms with van der Waals surface area (Å²) in [5.74, 6) is -0.837. The Kier molecular flexibility index (Phi) is 5.01. The van der Waals surface area contributed by atoms with Crippen LogP contribution in [-0.4, -0.2) is 27.9 Å². The van der Waals surface area contributed by atoms with E-state index in [-0.39, 0.29) is 12.4 Å². The molecule has 128 valence electrons. The van der Waals surface area contributed by atoms with Gasteiger partial charge in [-0.05, 0) is 38.1 Å². The van der Waals surface area contributed by atoms with E-state index in [1.54, 1.807) is 30.5 Å². The van der Waals surface area contributed by atoms with Crippen molar-refractivity contribution in [2.75, 3.05) is 6.61 Å². The second-order valence-electron chi connectivity index (χ2n) is 5.44. The molecule has 0 spiro atoms. The number of nitrogens with zero attached hydrogens (tertiary/aromatic N) is 2. The Morgan fingerprint density at radius 3 is 2.76 bits per heavy atom. The van der Waals surface area contributed by atoms with Gasteiger partial charge < -0.3 is 4.74 Å². The van der Waals surface area contributed by atoms with Crippen LogP contribution in [0.1, 0.15) is 32.1 Å². The molecule has 0 atom stereocenters. The predicted octanol–water partition coefficient (Wildman–Crippen LogP) is 4.24. The van der Waals surface area contributed by atoms with E-state index < -0.39 is 5.97 Å². The monoisotopic (exact) mass is 374 g/mol. The summed E-state index contributed by atoms with van der Waals surface area (Å²) in [6.45, 7) is 3.43. The molecule has 2 heterocycles. The molecule has 0 amide bonds. The highest BCUT2D eigenvalue weighted by atomic mass is 35.5. The van der Waals surface area contributed by atoms with Gasteiger partial charge in [0, 0.05) is 33.6 Å². The summed E-state index contributed by atoms with van der Waals surface area (Å²) in [5, 5.41) is 3.11. The Hall–Kier alpha value is -2.44. The van der Waals surface area contributed by atoms with Crippen LogP contribution in [0.4, 0.5) is 0 Å². The number of rotatable bonds is 5. The van der Waals surface area contributed by atoms with Gasteiger partial charge in [-0.25, -0.2) is 9.78 Å². The van der Waals surface area contributed by atoms with Gasteiger partial charge in [0.2, 0.25) is 5.78 Å². The standard InChI is InChI=1S/C18H15ClN2O3S/c1-11-8-15(12(2)21(11)18-20-6-7-25-18)16(22)10-24-17(23)13-4-3-5-14(19)9-13/h3-9H,10H2,1-2H3. The first kappa shape index (κ1) is 17.4. The van der Waals surface area contributed by atoms with Crippen molar-refractivity contribution in [1.82, 2.24) is 9.55 Å². The second kappa shape index (κ2) is 7.21. The minimum absolute atomic E-state index is 0.258. The number of hydrogen-bond donors (Lipinski definition) is 0. The highest BCUT2D eigenvalue weighted by Crippen LogP contribution is 2.22. The van der Waals surface area contributed by atoms with Gasteiger partial charge >= 0.3 is 5.97 Å². The topological polar surface area (TPSA) is 61.2 Å². The molecule has 0 N–H and O–H groups in total. The Labute approximate surface area is 153 Å². The van der Waals surface area contributed by atoms with E-state index in [4.69, 9.17) is 16.3 Å². The SMILES string of the molecule is Cc1cc(C(=O)COC(=O)c2cccc(Cl)c2)c(C)n1-c1nccs1. The van der Waals surface area contributed by atoms with Crippen molar-refractivity contribution in [3.8, 4) is 5.13 Å². The summed E-state index contributed by atoms with van der Waals surface area (Å²) in [7, 11) is 0. The molecule has 0 saturated carbocycles. The van der Waals surface area contributed by atoms with Gasteiger partial charge in [0.1, 0.15) is 0 Å². The van der Waals surface area contributed by atoms with Crippen molar-refractivity contribution >= 4 is 34.7 Å². The third-order valence-electron chi connectivity index (χ3n) is 3.74. The Morgan fingerprint density at radius 2 is 2.08 bits per heavy atom. The lowest BCUT2D eigenvalue weighted by molar-refractivity contribution is 0.0474. The van der Waals surface area contributed by atoms with Crippen LogP contribution in [-0.2, 0) is 4.74 Å². The fourth-order valence-corrected chi connectivity index (χ4v) is 3.52. The fraction of sp³-hybridized carbons (Fsp3) is 0.167. The molecule has 1 aromatic carbocycles. The molecule has 2 aromatic heterocycles. The molecule has 5 nitrogen and oxygen atoms in total. The summed E-state index contributed by atoms with van der Waals surface area (Å²) in [4.78, 5) is 28.8. The van der Waals surface area contributed by atoms with Gasteiger partial charge in [0.15, 0.2) is 11.7 Å². The van der Waals surface area contributed by atoms with Crippen LogP contribution in [0.5, 0.6) is 0 Å². The maximum atomic E-state index is 12.5. The largest absolute Gasteiger partial charge is 0.454 e. The number of thiazole rings is 1. The van der Waals surface area contributed by atoms with Crippen LogP contribution >= 0.6 is 22.9 Å². The number of esters is 1. The van der Waals surface area contributed by atoms with Crippen LogP contribution < -0.4 is 0 Å². The van der Waals surface area contributed by atoms with Gasteiger partial charge in [-0.2, -0.15) is 0 Å². The molecule has 0 aliphatic carbocycles. The van der Waals surface area contributed by atoms with E-state index >= 15 is 0 Å². The highest BCUT2D eigenvalue weighted by molar-refractivity contribution is 7.12. The summed E-state index contributed by atoms with van der Waals surface area (Å²) in [6.07, 6.45) is 1.72. The molecule has 0 saturated heterocycles. The lowest BCUT2D eigenvalue weighted by atomic mass is 10.1. The summed E-state index contributed by atoms with van der Waals surface area (Å²) in [6, 6.07) is 8.20. The second-order valence-corrected chi connectivity index (χ2v) is 6.75. The van der Waals surface area contributed by atoms with Crippen LogP contribution in [0.25, 0.3) is 5.13 Å². The molecule has 0 aliphatic rings. The fourth-order valence-electron chi connectivity index (χ4n) is 2.57. The van der Waals surface area contributed by atoms with Gasteiger partial charge in [0.25, 0.3) is 0 Å². The molecule has 0 radical (unpaired) electrons. The number of carbonyl (C=O) groups is 2. The maximum Gasteiger partial charge on any atom is 0.338 e. The number of carbonyl (C=O) groups excluding carboxylic acids is 2. The third kappa shape index (κ3) is 3.65. The first-order valence-electron chi connectivity index (χ1n) is 7.52. The van der Waals surface area contributed by atoms with Gasteiger partial charge in [-0.15, -0.1) is 11.3 Å². The lowest BCUT2D eigenvalue weighted by Gasteiger charge is -2.06. The average molecular weight is 375 g/mol. The predicted molar refractivity (Wildman–Crippen MR) is 97.0 cm³/mol. The van der Waals surface area contributed by atoms with Crippen LogP contribution in [0.15, 0.2) is 41.9 Å². The molecule has 3 rings (SSSR count). The van der Waals surface area contributed by atoms with E-state index in [1.807, 2.05) is 23.8 Å². The van der Waals surface area contributed by atoms with Gasteiger partial charge in [0.05, 0.1) is 5.56 Å².